The smallest absolute Gasteiger partial charge is 0.408 e. The third kappa shape index (κ3) is 9.56. The summed E-state index contributed by atoms with van der Waals surface area (Å²) < 4.78 is 10.2. The Balaban J connectivity index is 2.79. The number of nitrogens with one attached hydrogen (secondary N) is 2. The minimum Gasteiger partial charge on any atom is -0.480 e. The molecule has 0 aromatic heterocycles. The van der Waals surface area contributed by atoms with Gasteiger partial charge >= 0.3 is 18.0 Å². The normalized spacial score (nSPS) is 13.0. The second-order valence-electron chi connectivity index (χ2n) is 7.13. The highest BCUT2D eigenvalue weighted by Gasteiger charge is 2.30. The van der Waals surface area contributed by atoms with Gasteiger partial charge in [0.25, 0.3) is 0 Å². The highest BCUT2D eigenvalue weighted by molar-refractivity contribution is 5.92. The van der Waals surface area contributed by atoms with E-state index >= 15 is 0 Å². The summed E-state index contributed by atoms with van der Waals surface area (Å²) in [6, 6.07) is 5.73. The van der Waals surface area contributed by atoms with Gasteiger partial charge in [0.15, 0.2) is 0 Å². The molecule has 0 bridgehead atoms. The van der Waals surface area contributed by atoms with Crippen molar-refractivity contribution in [3.63, 3.8) is 0 Å². The standard InChI is InChI=1S/C19H26N2O8/c1-19(2,3)29-15(23)9-13(16(24)20-14(10-22)17(25)26)21-18(27)28-11-12-7-5-4-6-8-12/h4-8,13-14,22H,9-11H2,1-3H3,(H,20,24)(H,21,27)(H,25,26). The van der Waals surface area contributed by atoms with E-state index in [2.05, 4.69) is 5.32 Å². The topological polar surface area (TPSA) is 151 Å². The maximum Gasteiger partial charge on any atom is 0.408 e. The van der Waals surface area contributed by atoms with Gasteiger partial charge in [-0.3, -0.25) is 9.59 Å². The highest BCUT2D eigenvalue weighted by Crippen LogP contribution is 2.10. The lowest BCUT2D eigenvalue weighted by molar-refractivity contribution is -0.156. The van der Waals surface area contributed by atoms with Gasteiger partial charge in [0, 0.05) is 0 Å². The van der Waals surface area contributed by atoms with Crippen LogP contribution < -0.4 is 10.6 Å². The maximum atomic E-state index is 12.4. The number of ether oxygens (including phenoxy) is 2. The van der Waals surface area contributed by atoms with E-state index in [4.69, 9.17) is 19.7 Å². The quantitative estimate of drug-likeness (QED) is 0.432. The first-order valence-corrected chi connectivity index (χ1v) is 8.85. The van der Waals surface area contributed by atoms with Gasteiger partial charge in [-0.1, -0.05) is 30.3 Å². The third-order valence-corrected chi connectivity index (χ3v) is 3.41. The number of carboxylic acids is 1. The van der Waals surface area contributed by atoms with Crippen molar-refractivity contribution >= 4 is 23.9 Å². The summed E-state index contributed by atoms with van der Waals surface area (Å²) in [5.74, 6) is -3.23. The first-order chi connectivity index (χ1) is 13.5. The third-order valence-electron chi connectivity index (χ3n) is 3.41. The average molecular weight is 410 g/mol. The van der Waals surface area contributed by atoms with Crippen molar-refractivity contribution in [2.24, 2.45) is 0 Å². The van der Waals surface area contributed by atoms with Crippen LogP contribution in [0, 0.1) is 0 Å². The van der Waals surface area contributed by atoms with Crippen molar-refractivity contribution < 1.29 is 38.9 Å². The number of hydrogen-bond acceptors (Lipinski definition) is 7. The molecule has 29 heavy (non-hydrogen) atoms. The summed E-state index contributed by atoms with van der Waals surface area (Å²) in [4.78, 5) is 47.5. The van der Waals surface area contributed by atoms with E-state index in [1.54, 1.807) is 51.1 Å². The Bertz CT molecular complexity index is 715. The molecule has 1 aromatic carbocycles. The van der Waals surface area contributed by atoms with Gasteiger partial charge in [-0.15, -0.1) is 0 Å². The molecule has 2 unspecified atom stereocenters. The molecule has 0 aliphatic carbocycles. The predicted octanol–water partition coefficient (Wildman–Crippen LogP) is 0.575. The number of aliphatic hydroxyl groups is 1. The van der Waals surface area contributed by atoms with E-state index in [1.807, 2.05) is 5.32 Å². The van der Waals surface area contributed by atoms with Crippen molar-refractivity contribution in [1.82, 2.24) is 10.6 Å². The Hall–Kier alpha value is -3.14. The fraction of sp³-hybridized carbons (Fsp3) is 0.474. The largest absolute Gasteiger partial charge is 0.480 e. The summed E-state index contributed by atoms with van der Waals surface area (Å²) >= 11 is 0. The lowest BCUT2D eigenvalue weighted by Gasteiger charge is -2.23. The number of carbonyl (C=O) groups excluding carboxylic acids is 3. The van der Waals surface area contributed by atoms with E-state index in [-0.39, 0.29) is 6.61 Å². The van der Waals surface area contributed by atoms with Gasteiger partial charge in [0.1, 0.15) is 24.3 Å². The monoisotopic (exact) mass is 410 g/mol. The molecule has 0 spiro atoms. The van der Waals surface area contributed by atoms with Crippen LogP contribution in [0.4, 0.5) is 4.79 Å². The first kappa shape index (κ1) is 23.9. The number of aliphatic carboxylic acids is 1. The van der Waals surface area contributed by atoms with Crippen molar-refractivity contribution in [2.75, 3.05) is 6.61 Å². The molecule has 0 radical (unpaired) electrons. The van der Waals surface area contributed by atoms with E-state index < -0.39 is 54.7 Å². The van der Waals surface area contributed by atoms with Crippen LogP contribution in [0.3, 0.4) is 0 Å². The molecular weight excluding hydrogens is 384 g/mol. The van der Waals surface area contributed by atoms with Gasteiger partial charge in [0.05, 0.1) is 13.0 Å². The number of alkyl carbamates (subject to hydrolysis) is 1. The number of aliphatic hydroxyl groups excluding tert-OH is 1. The first-order valence-electron chi connectivity index (χ1n) is 8.85. The summed E-state index contributed by atoms with van der Waals surface area (Å²) in [6.07, 6.45) is -1.53. The van der Waals surface area contributed by atoms with Crippen LogP contribution in [-0.2, 0) is 30.5 Å². The van der Waals surface area contributed by atoms with Gasteiger partial charge in [-0.05, 0) is 26.3 Å². The van der Waals surface area contributed by atoms with E-state index in [0.717, 1.165) is 0 Å². The van der Waals surface area contributed by atoms with Crippen molar-refractivity contribution in [2.45, 2.75) is 51.5 Å². The number of carbonyl (C=O) groups is 4. The van der Waals surface area contributed by atoms with Crippen LogP contribution in [0.15, 0.2) is 30.3 Å². The molecule has 0 saturated carbocycles. The Labute approximate surface area is 168 Å². The highest BCUT2D eigenvalue weighted by atomic mass is 16.6. The van der Waals surface area contributed by atoms with E-state index in [9.17, 15) is 19.2 Å². The second kappa shape index (κ2) is 11.0. The SMILES string of the molecule is CC(C)(C)OC(=O)CC(NC(=O)OCc1ccccc1)C(=O)NC(CO)C(=O)O. The fourth-order valence-corrected chi connectivity index (χ4v) is 2.12. The summed E-state index contributed by atoms with van der Waals surface area (Å²) in [5.41, 5.74) is -0.109. The van der Waals surface area contributed by atoms with E-state index in [0.29, 0.717) is 5.56 Å². The second-order valence-corrected chi connectivity index (χ2v) is 7.13. The molecule has 4 N–H and O–H groups in total. The number of amides is 2. The van der Waals surface area contributed by atoms with Crippen molar-refractivity contribution in [1.29, 1.82) is 0 Å². The number of rotatable bonds is 9. The lowest BCUT2D eigenvalue weighted by atomic mass is 10.1. The zero-order chi connectivity index (χ0) is 22.0. The van der Waals surface area contributed by atoms with Crippen LogP contribution in [-0.4, -0.2) is 58.4 Å². The Morgan fingerprint density at radius 1 is 1.03 bits per heavy atom. The Kier molecular flexibility index (Phi) is 9.07. The van der Waals surface area contributed by atoms with Crippen LogP contribution in [0.2, 0.25) is 0 Å². The molecule has 0 fully saturated rings. The summed E-state index contributed by atoms with van der Waals surface area (Å²) in [5, 5.41) is 22.3. The molecular formula is C19H26N2O8. The van der Waals surface area contributed by atoms with Gasteiger partial charge in [-0.2, -0.15) is 0 Å². The number of benzene rings is 1. The Morgan fingerprint density at radius 2 is 1.66 bits per heavy atom. The molecule has 0 aliphatic heterocycles. The molecule has 2 atom stereocenters. The molecule has 0 aliphatic rings. The number of carboxylic acid groups (broad SMARTS) is 1. The van der Waals surface area contributed by atoms with Crippen molar-refractivity contribution in [3.05, 3.63) is 35.9 Å². The fourth-order valence-electron chi connectivity index (χ4n) is 2.12. The molecule has 10 nitrogen and oxygen atoms in total. The number of esters is 1. The minimum absolute atomic E-state index is 0.0676. The molecule has 1 aromatic rings. The molecule has 2 amide bonds. The molecule has 0 saturated heterocycles. The minimum atomic E-state index is -1.59. The predicted molar refractivity (Wildman–Crippen MR) is 101 cm³/mol. The molecule has 0 heterocycles. The van der Waals surface area contributed by atoms with Gasteiger partial charge in [0.2, 0.25) is 5.91 Å². The summed E-state index contributed by atoms with van der Waals surface area (Å²) in [7, 11) is 0. The van der Waals surface area contributed by atoms with Crippen LogP contribution in [0.25, 0.3) is 0 Å². The molecule has 160 valence electrons. The lowest BCUT2D eigenvalue weighted by Crippen LogP contribution is -2.53. The van der Waals surface area contributed by atoms with Gasteiger partial charge < -0.3 is 30.3 Å². The zero-order valence-corrected chi connectivity index (χ0v) is 16.5. The average Bonchev–Trinajstić information content (AvgIpc) is 2.62. The van der Waals surface area contributed by atoms with Crippen LogP contribution in [0.5, 0.6) is 0 Å². The maximum absolute atomic E-state index is 12.4. The molecule has 10 heteroatoms. The molecule has 1 rings (SSSR count). The van der Waals surface area contributed by atoms with Gasteiger partial charge in [-0.25, -0.2) is 9.59 Å². The van der Waals surface area contributed by atoms with Crippen LogP contribution >= 0.6 is 0 Å². The number of hydrogen-bond donors (Lipinski definition) is 4. The Morgan fingerprint density at radius 3 is 2.17 bits per heavy atom. The summed E-state index contributed by atoms with van der Waals surface area (Å²) in [6.45, 7) is 3.97. The van der Waals surface area contributed by atoms with E-state index in [1.165, 1.54) is 0 Å². The van der Waals surface area contributed by atoms with Crippen molar-refractivity contribution in [3.8, 4) is 0 Å². The van der Waals surface area contributed by atoms with Crippen LogP contribution in [0.1, 0.15) is 32.8 Å². The zero-order valence-electron chi connectivity index (χ0n) is 16.5.